The molecule has 0 aliphatic carbocycles. The molecule has 0 aliphatic rings. The van der Waals surface area contributed by atoms with Crippen LogP contribution < -0.4 is 0 Å². The monoisotopic (exact) mass is 292 g/mol. The van der Waals surface area contributed by atoms with E-state index in [1.54, 1.807) is 30.3 Å². The van der Waals surface area contributed by atoms with Gasteiger partial charge in [-0.15, -0.1) is 0 Å². The average Bonchev–Trinajstić information content (AvgIpc) is 2.36. The van der Waals surface area contributed by atoms with E-state index in [1.807, 2.05) is 12.2 Å². The second kappa shape index (κ2) is 5.91. The standard InChI is InChI=1S/C15H10Cl2O2/c16-13-6-11(7-14(17)8-13)2-1-10-3-4-15(19)12(5-10)9-18/h1-9,19H/b2-1+. The Morgan fingerprint density at radius 3 is 2.16 bits per heavy atom. The van der Waals surface area contributed by atoms with Crippen molar-refractivity contribution in [1.29, 1.82) is 0 Å². The minimum absolute atomic E-state index is 0.0297. The third-order valence-electron chi connectivity index (χ3n) is 2.53. The number of halogens is 2. The molecule has 0 saturated carbocycles. The van der Waals surface area contributed by atoms with Crippen LogP contribution in [0.1, 0.15) is 21.5 Å². The Bertz CT molecular complexity index is 628. The van der Waals surface area contributed by atoms with E-state index in [2.05, 4.69) is 0 Å². The minimum Gasteiger partial charge on any atom is -0.507 e. The van der Waals surface area contributed by atoms with Crippen molar-refractivity contribution in [3.63, 3.8) is 0 Å². The fraction of sp³-hybridized carbons (Fsp3) is 0. The summed E-state index contributed by atoms with van der Waals surface area (Å²) in [6, 6.07) is 10.0. The van der Waals surface area contributed by atoms with Gasteiger partial charge in [-0.1, -0.05) is 41.4 Å². The molecule has 2 nitrogen and oxygen atoms in total. The fourth-order valence-corrected chi connectivity index (χ4v) is 2.18. The number of phenolic OH excluding ortho intramolecular Hbond substituents is 1. The third-order valence-corrected chi connectivity index (χ3v) is 2.97. The maximum absolute atomic E-state index is 10.7. The van der Waals surface area contributed by atoms with Gasteiger partial charge in [0.05, 0.1) is 5.56 Å². The number of hydrogen-bond acceptors (Lipinski definition) is 2. The number of rotatable bonds is 3. The van der Waals surface area contributed by atoms with E-state index in [4.69, 9.17) is 23.2 Å². The van der Waals surface area contributed by atoms with Gasteiger partial charge in [0, 0.05) is 10.0 Å². The van der Waals surface area contributed by atoms with Crippen LogP contribution in [0.5, 0.6) is 5.75 Å². The average molecular weight is 293 g/mol. The van der Waals surface area contributed by atoms with Crippen LogP contribution in [0.2, 0.25) is 10.0 Å². The molecule has 1 N–H and O–H groups in total. The van der Waals surface area contributed by atoms with E-state index >= 15 is 0 Å². The molecule has 0 radical (unpaired) electrons. The van der Waals surface area contributed by atoms with E-state index in [1.165, 1.54) is 6.07 Å². The van der Waals surface area contributed by atoms with E-state index in [0.717, 1.165) is 11.1 Å². The summed E-state index contributed by atoms with van der Waals surface area (Å²) in [6.07, 6.45) is 4.26. The molecule has 0 amide bonds. The van der Waals surface area contributed by atoms with Crippen molar-refractivity contribution in [2.24, 2.45) is 0 Å². The predicted octanol–water partition coefficient (Wildman–Crippen LogP) is 4.68. The molecule has 4 heteroatoms. The van der Waals surface area contributed by atoms with Gasteiger partial charge in [0.15, 0.2) is 6.29 Å². The summed E-state index contributed by atoms with van der Waals surface area (Å²) in [7, 11) is 0. The molecule has 0 atom stereocenters. The van der Waals surface area contributed by atoms with Crippen molar-refractivity contribution in [2.75, 3.05) is 0 Å². The first kappa shape index (κ1) is 13.7. The van der Waals surface area contributed by atoms with Crippen molar-refractivity contribution in [1.82, 2.24) is 0 Å². The lowest BCUT2D eigenvalue weighted by molar-refractivity contribution is 0.112. The number of carbonyl (C=O) groups excluding carboxylic acids is 1. The lowest BCUT2D eigenvalue weighted by Gasteiger charge is -2.00. The second-order valence-electron chi connectivity index (χ2n) is 3.97. The molecule has 0 aromatic heterocycles. The summed E-state index contributed by atoms with van der Waals surface area (Å²) in [5.74, 6) is -0.0297. The summed E-state index contributed by atoms with van der Waals surface area (Å²) in [6.45, 7) is 0. The Labute approximate surface area is 120 Å². The van der Waals surface area contributed by atoms with Gasteiger partial charge in [-0.3, -0.25) is 4.79 Å². The molecule has 0 bridgehead atoms. The van der Waals surface area contributed by atoms with Gasteiger partial charge in [0.1, 0.15) is 5.75 Å². The molecule has 0 spiro atoms. The molecule has 96 valence electrons. The number of aromatic hydroxyl groups is 1. The van der Waals surface area contributed by atoms with Gasteiger partial charge in [0.2, 0.25) is 0 Å². The maximum atomic E-state index is 10.7. The molecule has 2 aromatic carbocycles. The van der Waals surface area contributed by atoms with E-state index in [0.29, 0.717) is 16.3 Å². The maximum Gasteiger partial charge on any atom is 0.153 e. The molecule has 0 aliphatic heterocycles. The van der Waals surface area contributed by atoms with Gasteiger partial charge in [-0.2, -0.15) is 0 Å². The molecule has 2 aromatic rings. The highest BCUT2D eigenvalue weighted by Crippen LogP contribution is 2.22. The van der Waals surface area contributed by atoms with Crippen LogP contribution in [0.4, 0.5) is 0 Å². The molecule has 0 heterocycles. The van der Waals surface area contributed by atoms with Crippen molar-refractivity contribution >= 4 is 41.6 Å². The number of aldehydes is 1. The fourth-order valence-electron chi connectivity index (χ4n) is 1.63. The molecule has 2 rings (SSSR count). The lowest BCUT2D eigenvalue weighted by Crippen LogP contribution is -1.82. The zero-order valence-electron chi connectivity index (χ0n) is 9.81. The summed E-state index contributed by atoms with van der Waals surface area (Å²) in [4.78, 5) is 10.7. The number of hydrogen-bond donors (Lipinski definition) is 1. The topological polar surface area (TPSA) is 37.3 Å². The zero-order valence-corrected chi connectivity index (χ0v) is 11.3. The van der Waals surface area contributed by atoms with E-state index in [-0.39, 0.29) is 11.3 Å². The molecule has 0 saturated heterocycles. The Balaban J connectivity index is 2.29. The van der Waals surface area contributed by atoms with Crippen LogP contribution >= 0.6 is 23.2 Å². The van der Waals surface area contributed by atoms with E-state index in [9.17, 15) is 9.90 Å². The minimum atomic E-state index is -0.0297. The first-order chi connectivity index (χ1) is 9.08. The predicted molar refractivity (Wildman–Crippen MR) is 78.9 cm³/mol. The summed E-state index contributed by atoms with van der Waals surface area (Å²) < 4.78 is 0. The normalized spacial score (nSPS) is 10.8. The third kappa shape index (κ3) is 3.60. The zero-order chi connectivity index (χ0) is 13.8. The van der Waals surface area contributed by atoms with Gasteiger partial charge in [0.25, 0.3) is 0 Å². The summed E-state index contributed by atoms with van der Waals surface area (Å²) >= 11 is 11.8. The smallest absolute Gasteiger partial charge is 0.153 e. The quantitative estimate of drug-likeness (QED) is 0.659. The summed E-state index contributed by atoms with van der Waals surface area (Å²) in [5, 5.41) is 10.5. The Hall–Kier alpha value is -1.77. The van der Waals surface area contributed by atoms with E-state index < -0.39 is 0 Å². The van der Waals surface area contributed by atoms with Crippen LogP contribution in [0.3, 0.4) is 0 Å². The van der Waals surface area contributed by atoms with Crippen molar-refractivity contribution in [2.45, 2.75) is 0 Å². The first-order valence-electron chi connectivity index (χ1n) is 5.51. The number of carbonyl (C=O) groups is 1. The van der Waals surface area contributed by atoms with Crippen LogP contribution in [0, 0.1) is 0 Å². The Kier molecular flexibility index (Phi) is 4.25. The second-order valence-corrected chi connectivity index (χ2v) is 4.85. The molecule has 0 unspecified atom stereocenters. The lowest BCUT2D eigenvalue weighted by atomic mass is 10.1. The highest BCUT2D eigenvalue weighted by molar-refractivity contribution is 6.34. The Morgan fingerprint density at radius 2 is 1.53 bits per heavy atom. The van der Waals surface area contributed by atoms with Crippen LogP contribution in [0.15, 0.2) is 36.4 Å². The van der Waals surface area contributed by atoms with Crippen LogP contribution in [-0.4, -0.2) is 11.4 Å². The van der Waals surface area contributed by atoms with Crippen LogP contribution in [0.25, 0.3) is 12.2 Å². The molecular weight excluding hydrogens is 283 g/mol. The van der Waals surface area contributed by atoms with Crippen molar-refractivity contribution < 1.29 is 9.90 Å². The highest BCUT2D eigenvalue weighted by Gasteiger charge is 2.00. The SMILES string of the molecule is O=Cc1cc(/C=C/c2cc(Cl)cc(Cl)c2)ccc1O. The Morgan fingerprint density at radius 1 is 0.895 bits per heavy atom. The number of phenols is 1. The first-order valence-corrected chi connectivity index (χ1v) is 6.26. The molecular formula is C15H10Cl2O2. The van der Waals surface area contributed by atoms with Gasteiger partial charge < -0.3 is 5.11 Å². The summed E-state index contributed by atoms with van der Waals surface area (Å²) in [5.41, 5.74) is 1.92. The van der Waals surface area contributed by atoms with Crippen molar-refractivity contribution in [3.8, 4) is 5.75 Å². The van der Waals surface area contributed by atoms with Gasteiger partial charge in [-0.25, -0.2) is 0 Å². The highest BCUT2D eigenvalue weighted by atomic mass is 35.5. The molecule has 0 fully saturated rings. The van der Waals surface area contributed by atoms with Gasteiger partial charge in [-0.05, 0) is 41.5 Å². The largest absolute Gasteiger partial charge is 0.507 e. The van der Waals surface area contributed by atoms with Gasteiger partial charge >= 0.3 is 0 Å². The number of benzene rings is 2. The van der Waals surface area contributed by atoms with Crippen LogP contribution in [-0.2, 0) is 0 Å². The molecule has 19 heavy (non-hydrogen) atoms. The van der Waals surface area contributed by atoms with Crippen molar-refractivity contribution in [3.05, 3.63) is 63.1 Å².